The van der Waals surface area contributed by atoms with Crippen molar-refractivity contribution in [1.29, 1.82) is 0 Å². The Labute approximate surface area is 102 Å². The number of anilines is 1. The molecule has 1 heterocycles. The molecule has 0 bridgehead atoms. The first-order valence-corrected chi connectivity index (χ1v) is 5.63. The number of hydrogen-bond acceptors (Lipinski definition) is 2. The highest BCUT2D eigenvalue weighted by Gasteiger charge is 2.44. The van der Waals surface area contributed by atoms with E-state index in [1.54, 1.807) is 38.1 Å². The molecule has 1 aliphatic heterocycles. The van der Waals surface area contributed by atoms with Gasteiger partial charge in [0.25, 0.3) is 5.91 Å². The molecule has 1 aromatic rings. The van der Waals surface area contributed by atoms with Gasteiger partial charge in [-0.2, -0.15) is 0 Å². The fraction of sp³-hybridized carbons (Fsp3) is 0.273. The van der Waals surface area contributed by atoms with Crippen molar-refractivity contribution in [2.24, 2.45) is 0 Å². The Balaban J connectivity index is 2.39. The number of halogens is 1. The number of imide groups is 1. The van der Waals surface area contributed by atoms with Crippen LogP contribution in [0.2, 0.25) is 0 Å². The lowest BCUT2D eigenvalue weighted by atomic mass is 10.1. The molecule has 3 amide bonds. The first-order valence-electron chi connectivity index (χ1n) is 4.84. The SMILES string of the molecule is CC1(C)NC(=O)N(c2ccc(Br)cc2)C1=O. The Kier molecular flexibility index (Phi) is 2.50. The largest absolute Gasteiger partial charge is 0.329 e. The molecular formula is C11H11BrN2O2. The molecule has 1 saturated heterocycles. The normalized spacial score (nSPS) is 18.8. The fourth-order valence-electron chi connectivity index (χ4n) is 1.57. The van der Waals surface area contributed by atoms with Crippen LogP contribution in [0.1, 0.15) is 13.8 Å². The van der Waals surface area contributed by atoms with Crippen molar-refractivity contribution >= 4 is 33.6 Å². The van der Waals surface area contributed by atoms with Crippen LogP contribution in [-0.2, 0) is 4.79 Å². The van der Waals surface area contributed by atoms with Crippen molar-refractivity contribution in [3.05, 3.63) is 28.7 Å². The number of amides is 3. The average molecular weight is 283 g/mol. The summed E-state index contributed by atoms with van der Waals surface area (Å²) >= 11 is 3.30. The second-order valence-electron chi connectivity index (χ2n) is 4.17. The Hall–Kier alpha value is -1.36. The zero-order chi connectivity index (χ0) is 11.9. The molecule has 1 fully saturated rings. The van der Waals surface area contributed by atoms with E-state index < -0.39 is 5.54 Å². The van der Waals surface area contributed by atoms with Crippen molar-refractivity contribution in [3.63, 3.8) is 0 Å². The van der Waals surface area contributed by atoms with Crippen molar-refractivity contribution in [2.45, 2.75) is 19.4 Å². The molecule has 84 valence electrons. The fourth-order valence-corrected chi connectivity index (χ4v) is 1.84. The van der Waals surface area contributed by atoms with Gasteiger partial charge in [0.05, 0.1) is 5.69 Å². The third-order valence-corrected chi connectivity index (χ3v) is 2.97. The van der Waals surface area contributed by atoms with E-state index in [9.17, 15) is 9.59 Å². The van der Waals surface area contributed by atoms with Gasteiger partial charge < -0.3 is 5.32 Å². The van der Waals surface area contributed by atoms with Crippen molar-refractivity contribution in [1.82, 2.24) is 5.32 Å². The Morgan fingerprint density at radius 2 is 1.75 bits per heavy atom. The summed E-state index contributed by atoms with van der Waals surface area (Å²) < 4.78 is 0.905. The van der Waals surface area contributed by atoms with Gasteiger partial charge in [0.1, 0.15) is 5.54 Å². The molecule has 16 heavy (non-hydrogen) atoms. The van der Waals surface area contributed by atoms with Crippen LogP contribution in [0.3, 0.4) is 0 Å². The Morgan fingerprint density at radius 1 is 1.19 bits per heavy atom. The second kappa shape index (κ2) is 3.59. The zero-order valence-electron chi connectivity index (χ0n) is 8.95. The third-order valence-electron chi connectivity index (χ3n) is 2.45. The van der Waals surface area contributed by atoms with E-state index in [1.807, 2.05) is 0 Å². The number of nitrogens with zero attached hydrogens (tertiary/aromatic N) is 1. The molecular weight excluding hydrogens is 272 g/mol. The summed E-state index contributed by atoms with van der Waals surface area (Å²) in [6, 6.07) is 6.66. The second-order valence-corrected chi connectivity index (χ2v) is 5.09. The smallest absolute Gasteiger partial charge is 0.323 e. The minimum Gasteiger partial charge on any atom is -0.323 e. The third kappa shape index (κ3) is 1.71. The maximum absolute atomic E-state index is 12.0. The number of carbonyl (C=O) groups is 2. The topological polar surface area (TPSA) is 49.4 Å². The number of nitrogens with one attached hydrogen (secondary N) is 1. The summed E-state index contributed by atoms with van der Waals surface area (Å²) in [6.45, 7) is 3.37. The van der Waals surface area contributed by atoms with Gasteiger partial charge >= 0.3 is 6.03 Å². The number of carbonyl (C=O) groups excluding carboxylic acids is 2. The predicted octanol–water partition coefficient (Wildman–Crippen LogP) is 2.28. The van der Waals surface area contributed by atoms with Gasteiger partial charge in [-0.1, -0.05) is 15.9 Å². The van der Waals surface area contributed by atoms with Gasteiger partial charge in [0.15, 0.2) is 0 Å². The van der Waals surface area contributed by atoms with Gasteiger partial charge in [-0.3, -0.25) is 4.79 Å². The molecule has 1 aliphatic rings. The monoisotopic (exact) mass is 282 g/mol. The minimum absolute atomic E-state index is 0.236. The zero-order valence-corrected chi connectivity index (χ0v) is 10.5. The molecule has 0 unspecified atom stereocenters. The van der Waals surface area contributed by atoms with Gasteiger partial charge in [-0.25, -0.2) is 9.69 Å². The average Bonchev–Trinajstić information content (AvgIpc) is 2.39. The highest BCUT2D eigenvalue weighted by Crippen LogP contribution is 2.25. The molecule has 0 atom stereocenters. The lowest BCUT2D eigenvalue weighted by Crippen LogP contribution is -2.40. The molecule has 0 saturated carbocycles. The first kappa shape index (κ1) is 11.1. The molecule has 0 spiro atoms. The van der Waals surface area contributed by atoms with E-state index in [0.717, 1.165) is 9.37 Å². The van der Waals surface area contributed by atoms with E-state index in [0.29, 0.717) is 5.69 Å². The summed E-state index contributed by atoms with van der Waals surface area (Å²) in [7, 11) is 0. The molecule has 0 aromatic heterocycles. The van der Waals surface area contributed by atoms with Crippen molar-refractivity contribution < 1.29 is 9.59 Å². The maximum atomic E-state index is 12.0. The van der Waals surface area contributed by atoms with E-state index in [-0.39, 0.29) is 11.9 Å². The van der Waals surface area contributed by atoms with E-state index >= 15 is 0 Å². The van der Waals surface area contributed by atoms with Crippen LogP contribution >= 0.6 is 15.9 Å². The lowest BCUT2D eigenvalue weighted by Gasteiger charge is -2.15. The Morgan fingerprint density at radius 3 is 2.19 bits per heavy atom. The number of rotatable bonds is 1. The van der Waals surface area contributed by atoms with Gasteiger partial charge in [-0.15, -0.1) is 0 Å². The van der Waals surface area contributed by atoms with Crippen LogP contribution in [0, 0.1) is 0 Å². The summed E-state index contributed by atoms with van der Waals surface area (Å²) in [5, 5.41) is 2.63. The quantitative estimate of drug-likeness (QED) is 0.804. The van der Waals surface area contributed by atoms with E-state index in [1.165, 1.54) is 0 Å². The highest BCUT2D eigenvalue weighted by atomic mass is 79.9. The van der Waals surface area contributed by atoms with E-state index in [4.69, 9.17) is 0 Å². The van der Waals surface area contributed by atoms with Crippen molar-refractivity contribution in [3.8, 4) is 0 Å². The summed E-state index contributed by atoms with van der Waals surface area (Å²) in [5.74, 6) is -0.236. The summed E-state index contributed by atoms with van der Waals surface area (Å²) in [4.78, 5) is 24.8. The molecule has 4 nitrogen and oxygen atoms in total. The van der Waals surface area contributed by atoms with E-state index in [2.05, 4.69) is 21.2 Å². The minimum atomic E-state index is -0.829. The molecule has 5 heteroatoms. The number of benzene rings is 1. The maximum Gasteiger partial charge on any atom is 0.329 e. The standard InChI is InChI=1S/C11H11BrN2O2/c1-11(2)9(15)14(10(16)13-11)8-5-3-7(12)4-6-8/h3-6H,1-2H3,(H,13,16). The van der Waals surface area contributed by atoms with Gasteiger partial charge in [0.2, 0.25) is 0 Å². The highest BCUT2D eigenvalue weighted by molar-refractivity contribution is 9.10. The summed E-state index contributed by atoms with van der Waals surface area (Å²) in [6.07, 6.45) is 0. The molecule has 1 N–H and O–H groups in total. The first-order chi connectivity index (χ1) is 7.42. The number of urea groups is 1. The molecule has 0 radical (unpaired) electrons. The van der Waals surface area contributed by atoms with Crippen LogP contribution < -0.4 is 10.2 Å². The Bertz CT molecular complexity index is 454. The van der Waals surface area contributed by atoms with Gasteiger partial charge in [-0.05, 0) is 38.1 Å². The van der Waals surface area contributed by atoms with Crippen LogP contribution in [0.4, 0.5) is 10.5 Å². The van der Waals surface area contributed by atoms with Crippen LogP contribution in [0.5, 0.6) is 0 Å². The predicted molar refractivity (Wildman–Crippen MR) is 64.2 cm³/mol. The molecule has 0 aliphatic carbocycles. The molecule has 1 aromatic carbocycles. The number of hydrogen-bond donors (Lipinski definition) is 1. The lowest BCUT2D eigenvalue weighted by molar-refractivity contribution is -0.120. The molecule has 2 rings (SSSR count). The van der Waals surface area contributed by atoms with Gasteiger partial charge in [0, 0.05) is 4.47 Å². The summed E-state index contributed by atoms with van der Waals surface area (Å²) in [5.41, 5.74) is -0.249. The van der Waals surface area contributed by atoms with Crippen molar-refractivity contribution in [2.75, 3.05) is 4.90 Å². The van der Waals surface area contributed by atoms with Crippen LogP contribution in [0.15, 0.2) is 28.7 Å². The van der Waals surface area contributed by atoms with Crippen LogP contribution in [0.25, 0.3) is 0 Å². The van der Waals surface area contributed by atoms with Crippen LogP contribution in [-0.4, -0.2) is 17.5 Å².